The van der Waals surface area contributed by atoms with Gasteiger partial charge in [0.1, 0.15) is 0 Å². The van der Waals surface area contributed by atoms with Crippen LogP contribution in [0.4, 0.5) is 11.4 Å². The average Bonchev–Trinajstić information content (AvgIpc) is 2.83. The van der Waals surface area contributed by atoms with Crippen molar-refractivity contribution in [2.45, 2.75) is 26.0 Å². The zero-order valence-electron chi connectivity index (χ0n) is 17.9. The molecule has 170 valence electrons. The molecule has 0 aromatic heterocycles. The number of hydrogen-bond acceptors (Lipinski definition) is 6. The molecule has 2 amide bonds. The molecule has 1 heterocycles. The largest absolute Gasteiger partial charge is 0.324 e. The minimum Gasteiger partial charge on any atom is -0.324 e. The number of para-hydroxylation sites is 2. The summed E-state index contributed by atoms with van der Waals surface area (Å²) in [5.41, 5.74) is 1.72. The van der Waals surface area contributed by atoms with E-state index in [0.717, 1.165) is 48.9 Å². The van der Waals surface area contributed by atoms with Crippen molar-refractivity contribution < 1.29 is 9.59 Å². The second-order valence-corrected chi connectivity index (χ2v) is 11.5. The molecule has 0 fully saturated rings. The van der Waals surface area contributed by atoms with E-state index in [1.807, 2.05) is 60.7 Å². The van der Waals surface area contributed by atoms with Crippen LogP contribution in [-0.2, 0) is 9.59 Å². The first-order chi connectivity index (χ1) is 16.2. The highest BCUT2D eigenvalue weighted by molar-refractivity contribution is 8.03. The maximum absolute atomic E-state index is 12.7. The molecular formula is C25H24N2O2S4. The van der Waals surface area contributed by atoms with Gasteiger partial charge in [0.25, 0.3) is 0 Å². The molecule has 0 atom stereocenters. The second-order valence-electron chi connectivity index (χ2n) is 7.16. The standard InChI is InChI=1S/C25H24N2O2S4/c28-24-16-32-22-12-5-6-13-23(22)33-17-25(29)27-19-9-2-4-11-21(19)31-15-7-14-30-20-10-3-1-8-18(20)26-24/h1-6,8-13H,7,14-17H2,(H,26,28)(H,27,29). The Kier molecular flexibility index (Phi) is 9.11. The van der Waals surface area contributed by atoms with Crippen LogP contribution in [0.15, 0.2) is 92.4 Å². The van der Waals surface area contributed by atoms with Crippen molar-refractivity contribution in [3.63, 3.8) is 0 Å². The van der Waals surface area contributed by atoms with Crippen molar-refractivity contribution in [2.24, 2.45) is 0 Å². The highest BCUT2D eigenvalue weighted by Crippen LogP contribution is 2.33. The highest BCUT2D eigenvalue weighted by atomic mass is 32.2. The molecule has 2 N–H and O–H groups in total. The van der Waals surface area contributed by atoms with E-state index in [0.29, 0.717) is 11.5 Å². The molecule has 0 bridgehead atoms. The SMILES string of the molecule is O=C1CSc2ccccc2SCC(=O)Nc2ccccc2SCCCSc2ccccc2N1. The number of thioether (sulfide) groups is 4. The van der Waals surface area contributed by atoms with E-state index in [2.05, 4.69) is 22.8 Å². The summed E-state index contributed by atoms with van der Waals surface area (Å²) < 4.78 is 0. The molecule has 1 aliphatic heterocycles. The van der Waals surface area contributed by atoms with Gasteiger partial charge in [0, 0.05) is 19.6 Å². The van der Waals surface area contributed by atoms with Gasteiger partial charge >= 0.3 is 0 Å². The lowest BCUT2D eigenvalue weighted by atomic mass is 10.3. The molecule has 3 aromatic rings. The lowest BCUT2D eigenvalue weighted by molar-refractivity contribution is -0.114. The number of fused-ring (bicyclic) bond motifs is 3. The third-order valence-electron chi connectivity index (χ3n) is 4.69. The molecule has 1 aliphatic rings. The third-order valence-corrected chi connectivity index (χ3v) is 9.29. The van der Waals surface area contributed by atoms with Gasteiger partial charge in [-0.25, -0.2) is 0 Å². The molecular weight excluding hydrogens is 489 g/mol. The maximum atomic E-state index is 12.7. The van der Waals surface area contributed by atoms with Crippen LogP contribution in [0, 0.1) is 0 Å². The lowest BCUT2D eigenvalue weighted by Crippen LogP contribution is -2.15. The normalized spacial score (nSPS) is 16.0. The molecule has 4 rings (SSSR count). The number of amides is 2. The van der Waals surface area contributed by atoms with E-state index >= 15 is 0 Å². The van der Waals surface area contributed by atoms with Gasteiger partial charge in [0.15, 0.2) is 0 Å². The highest BCUT2D eigenvalue weighted by Gasteiger charge is 2.13. The Balaban J connectivity index is 1.54. The van der Waals surface area contributed by atoms with Crippen LogP contribution in [0.25, 0.3) is 0 Å². The fraction of sp³-hybridized carbons (Fsp3) is 0.200. The van der Waals surface area contributed by atoms with Crippen molar-refractivity contribution in [1.82, 2.24) is 0 Å². The minimum atomic E-state index is -0.0329. The molecule has 0 radical (unpaired) electrons. The van der Waals surface area contributed by atoms with Crippen LogP contribution in [0.5, 0.6) is 0 Å². The fourth-order valence-electron chi connectivity index (χ4n) is 3.16. The monoisotopic (exact) mass is 512 g/mol. The van der Waals surface area contributed by atoms with E-state index in [9.17, 15) is 9.59 Å². The summed E-state index contributed by atoms with van der Waals surface area (Å²) in [4.78, 5) is 29.5. The molecule has 0 aliphatic carbocycles. The molecule has 8 heteroatoms. The molecule has 0 spiro atoms. The molecule has 0 saturated heterocycles. The Labute approximate surface area is 211 Å². The van der Waals surface area contributed by atoms with E-state index in [-0.39, 0.29) is 11.8 Å². The number of nitrogens with one attached hydrogen (secondary N) is 2. The van der Waals surface area contributed by atoms with E-state index < -0.39 is 0 Å². The van der Waals surface area contributed by atoms with Crippen molar-refractivity contribution in [2.75, 3.05) is 33.6 Å². The van der Waals surface area contributed by atoms with Gasteiger partial charge in [-0.3, -0.25) is 9.59 Å². The predicted octanol–water partition coefficient (Wildman–Crippen LogP) is 6.74. The average molecular weight is 513 g/mol. The second kappa shape index (κ2) is 12.5. The van der Waals surface area contributed by atoms with Crippen LogP contribution in [0.2, 0.25) is 0 Å². The van der Waals surface area contributed by atoms with Crippen LogP contribution < -0.4 is 10.6 Å². The summed E-state index contributed by atoms with van der Waals surface area (Å²) in [7, 11) is 0. The summed E-state index contributed by atoms with van der Waals surface area (Å²) in [5, 5.41) is 6.14. The summed E-state index contributed by atoms with van der Waals surface area (Å²) in [6.45, 7) is 0. The smallest absolute Gasteiger partial charge is 0.234 e. The van der Waals surface area contributed by atoms with Crippen LogP contribution >= 0.6 is 47.0 Å². The Morgan fingerprint density at radius 3 is 1.36 bits per heavy atom. The summed E-state index contributed by atoms with van der Waals surface area (Å²) in [5.74, 6) is 2.46. The first-order valence-corrected chi connectivity index (χ1v) is 14.5. The van der Waals surface area contributed by atoms with Crippen molar-refractivity contribution in [1.29, 1.82) is 0 Å². The number of benzene rings is 3. The van der Waals surface area contributed by atoms with E-state index in [1.54, 1.807) is 23.5 Å². The summed E-state index contributed by atoms with van der Waals surface area (Å²) >= 11 is 6.50. The third kappa shape index (κ3) is 7.24. The van der Waals surface area contributed by atoms with Crippen molar-refractivity contribution >= 4 is 70.2 Å². The van der Waals surface area contributed by atoms with Gasteiger partial charge in [0.05, 0.1) is 22.9 Å². The first kappa shape index (κ1) is 24.1. The maximum Gasteiger partial charge on any atom is 0.234 e. The van der Waals surface area contributed by atoms with Gasteiger partial charge in [0.2, 0.25) is 11.8 Å². The quantitative estimate of drug-likeness (QED) is 0.348. The fourth-order valence-corrected chi connectivity index (χ4v) is 7.10. The lowest BCUT2D eigenvalue weighted by Gasteiger charge is -2.12. The minimum absolute atomic E-state index is 0.0329. The van der Waals surface area contributed by atoms with Gasteiger partial charge in [-0.05, 0) is 54.3 Å². The van der Waals surface area contributed by atoms with E-state index in [1.165, 1.54) is 23.5 Å². The topological polar surface area (TPSA) is 58.2 Å². The summed E-state index contributed by atoms with van der Waals surface area (Å²) in [6, 6.07) is 23.8. The van der Waals surface area contributed by atoms with Crippen molar-refractivity contribution in [3.8, 4) is 0 Å². The van der Waals surface area contributed by atoms with Crippen molar-refractivity contribution in [3.05, 3.63) is 72.8 Å². The first-order valence-electron chi connectivity index (χ1n) is 10.6. The molecule has 0 unspecified atom stereocenters. The molecule has 33 heavy (non-hydrogen) atoms. The Morgan fingerprint density at radius 2 is 0.909 bits per heavy atom. The number of hydrogen-bond donors (Lipinski definition) is 2. The predicted molar refractivity (Wildman–Crippen MR) is 144 cm³/mol. The number of anilines is 2. The van der Waals surface area contributed by atoms with E-state index in [4.69, 9.17) is 0 Å². The number of carbonyl (C=O) groups is 2. The Morgan fingerprint density at radius 1 is 0.515 bits per heavy atom. The van der Waals surface area contributed by atoms with Gasteiger partial charge in [-0.1, -0.05) is 36.4 Å². The molecule has 4 nitrogen and oxygen atoms in total. The zero-order chi connectivity index (χ0) is 22.9. The van der Waals surface area contributed by atoms with Gasteiger partial charge in [-0.2, -0.15) is 0 Å². The molecule has 0 saturated carbocycles. The number of carbonyl (C=O) groups excluding carboxylic acids is 2. The number of rotatable bonds is 0. The van der Waals surface area contributed by atoms with Crippen LogP contribution in [-0.4, -0.2) is 34.8 Å². The van der Waals surface area contributed by atoms with Crippen LogP contribution in [0.1, 0.15) is 6.42 Å². The molecule has 3 aromatic carbocycles. The van der Waals surface area contributed by atoms with Gasteiger partial charge < -0.3 is 10.6 Å². The Hall–Kier alpha value is -2.00. The van der Waals surface area contributed by atoms with Crippen LogP contribution in [0.3, 0.4) is 0 Å². The zero-order valence-corrected chi connectivity index (χ0v) is 21.2. The summed E-state index contributed by atoms with van der Waals surface area (Å²) in [6.07, 6.45) is 1.01. The van der Waals surface area contributed by atoms with Gasteiger partial charge in [-0.15, -0.1) is 47.0 Å². The Bertz CT molecular complexity index is 1040.